The van der Waals surface area contributed by atoms with Crippen LogP contribution in [0.25, 0.3) is 0 Å². The van der Waals surface area contributed by atoms with Crippen LogP contribution < -0.4 is 4.90 Å². The number of benzene rings is 1. The lowest BCUT2D eigenvalue weighted by Gasteiger charge is -2.19. The van der Waals surface area contributed by atoms with Gasteiger partial charge in [-0.15, -0.1) is 0 Å². The molecule has 0 N–H and O–H groups in total. The third-order valence-corrected chi connectivity index (χ3v) is 3.11. The summed E-state index contributed by atoms with van der Waals surface area (Å²) < 4.78 is 0. The number of anilines is 1. The molecule has 0 aromatic heterocycles. The van der Waals surface area contributed by atoms with Crippen LogP contribution in [0.15, 0.2) is 18.2 Å². The highest BCUT2D eigenvalue weighted by Crippen LogP contribution is 2.30. The molecule has 0 amide bonds. The molecule has 1 heterocycles. The fourth-order valence-electron chi connectivity index (χ4n) is 1.83. The molecule has 0 spiro atoms. The lowest BCUT2D eigenvalue weighted by atomic mass is 10.2. The van der Waals surface area contributed by atoms with Crippen LogP contribution in [-0.4, -0.2) is 13.1 Å². The quantitative estimate of drug-likeness (QED) is 0.665. The van der Waals surface area contributed by atoms with Crippen LogP contribution in [0, 0.1) is 6.92 Å². The van der Waals surface area contributed by atoms with E-state index in [1.807, 2.05) is 0 Å². The molecule has 0 saturated carbocycles. The van der Waals surface area contributed by atoms with Gasteiger partial charge in [0.15, 0.2) is 0 Å². The Morgan fingerprint density at radius 3 is 2.62 bits per heavy atom. The van der Waals surface area contributed by atoms with E-state index in [1.165, 1.54) is 24.1 Å². The molecule has 0 atom stereocenters. The zero-order chi connectivity index (χ0) is 9.26. The molecule has 0 radical (unpaired) electrons. The second kappa shape index (κ2) is 3.59. The van der Waals surface area contributed by atoms with E-state index in [0.29, 0.717) is 0 Å². The zero-order valence-electron chi connectivity index (χ0n) is 7.89. The first kappa shape index (κ1) is 8.89. The maximum Gasteiger partial charge on any atom is 0.0668 e. The van der Waals surface area contributed by atoms with Crippen LogP contribution in [0.2, 0.25) is 5.02 Å². The van der Waals surface area contributed by atoms with Gasteiger partial charge in [0.1, 0.15) is 0 Å². The Labute approximate surface area is 84.3 Å². The highest BCUT2D eigenvalue weighted by Gasteiger charge is 2.15. The number of halogens is 1. The number of hydrogen-bond donors (Lipinski definition) is 0. The number of nitrogens with zero attached hydrogens (tertiary/aromatic N) is 1. The highest BCUT2D eigenvalue weighted by atomic mass is 35.5. The van der Waals surface area contributed by atoms with Crippen molar-refractivity contribution < 1.29 is 0 Å². The van der Waals surface area contributed by atoms with E-state index >= 15 is 0 Å². The molecule has 1 aromatic carbocycles. The smallest absolute Gasteiger partial charge is 0.0668 e. The minimum Gasteiger partial charge on any atom is -0.370 e. The third-order valence-electron chi connectivity index (χ3n) is 2.62. The Kier molecular flexibility index (Phi) is 2.45. The van der Waals surface area contributed by atoms with Crippen molar-refractivity contribution >= 4 is 17.3 Å². The van der Waals surface area contributed by atoms with Crippen molar-refractivity contribution in [3.63, 3.8) is 0 Å². The largest absolute Gasteiger partial charge is 0.370 e. The van der Waals surface area contributed by atoms with Crippen LogP contribution >= 0.6 is 11.6 Å². The molecule has 13 heavy (non-hydrogen) atoms. The van der Waals surface area contributed by atoms with Gasteiger partial charge in [0.05, 0.1) is 10.7 Å². The molecular formula is C11H14ClN. The summed E-state index contributed by atoms with van der Waals surface area (Å²) in [6.07, 6.45) is 2.59. The van der Waals surface area contributed by atoms with E-state index in [9.17, 15) is 0 Å². The zero-order valence-corrected chi connectivity index (χ0v) is 8.64. The summed E-state index contributed by atoms with van der Waals surface area (Å²) in [4.78, 5) is 2.37. The van der Waals surface area contributed by atoms with E-state index < -0.39 is 0 Å². The third kappa shape index (κ3) is 1.66. The Morgan fingerprint density at radius 1 is 1.23 bits per heavy atom. The molecule has 2 heteroatoms. The molecule has 1 nitrogen and oxygen atoms in total. The molecule has 1 fully saturated rings. The van der Waals surface area contributed by atoms with Crippen molar-refractivity contribution in [2.45, 2.75) is 19.8 Å². The molecule has 1 aliphatic heterocycles. The second-order valence-corrected chi connectivity index (χ2v) is 3.98. The highest BCUT2D eigenvalue weighted by molar-refractivity contribution is 6.34. The van der Waals surface area contributed by atoms with Crippen LogP contribution in [-0.2, 0) is 0 Å². The van der Waals surface area contributed by atoms with Gasteiger partial charge < -0.3 is 4.90 Å². The maximum absolute atomic E-state index is 6.23. The van der Waals surface area contributed by atoms with Gasteiger partial charge in [-0.25, -0.2) is 0 Å². The molecule has 1 aliphatic rings. The van der Waals surface area contributed by atoms with Crippen molar-refractivity contribution in [1.29, 1.82) is 0 Å². The second-order valence-electron chi connectivity index (χ2n) is 3.60. The summed E-state index contributed by atoms with van der Waals surface area (Å²) in [6.45, 7) is 4.37. The topological polar surface area (TPSA) is 3.24 Å². The number of hydrogen-bond acceptors (Lipinski definition) is 1. The summed E-state index contributed by atoms with van der Waals surface area (Å²) in [5, 5.41) is 0.921. The fraction of sp³-hybridized carbons (Fsp3) is 0.455. The van der Waals surface area contributed by atoms with Crippen LogP contribution in [0.5, 0.6) is 0 Å². The van der Waals surface area contributed by atoms with E-state index in [1.54, 1.807) is 0 Å². The minimum atomic E-state index is 0.921. The molecule has 1 aromatic rings. The van der Waals surface area contributed by atoms with Crippen LogP contribution in [0.3, 0.4) is 0 Å². The summed E-state index contributed by atoms with van der Waals surface area (Å²) in [7, 11) is 0. The van der Waals surface area contributed by atoms with Gasteiger partial charge in [-0.1, -0.05) is 23.7 Å². The Bertz CT molecular complexity index is 303. The van der Waals surface area contributed by atoms with Gasteiger partial charge in [-0.2, -0.15) is 0 Å². The van der Waals surface area contributed by atoms with E-state index in [4.69, 9.17) is 11.6 Å². The summed E-state index contributed by atoms with van der Waals surface area (Å²) in [5.41, 5.74) is 2.38. The summed E-state index contributed by atoms with van der Waals surface area (Å²) in [6, 6.07) is 6.25. The van der Waals surface area contributed by atoms with Gasteiger partial charge in [-0.3, -0.25) is 0 Å². The SMILES string of the molecule is Cc1cccc(N2CCCC2)c1Cl. The van der Waals surface area contributed by atoms with Crippen molar-refractivity contribution in [3.8, 4) is 0 Å². The molecule has 70 valence electrons. The van der Waals surface area contributed by atoms with Crippen molar-refractivity contribution in [3.05, 3.63) is 28.8 Å². The summed E-state index contributed by atoms with van der Waals surface area (Å²) in [5.74, 6) is 0. The monoisotopic (exact) mass is 195 g/mol. The van der Waals surface area contributed by atoms with E-state index in [2.05, 4.69) is 30.0 Å². The number of rotatable bonds is 1. The van der Waals surface area contributed by atoms with E-state index in [-0.39, 0.29) is 0 Å². The molecule has 2 rings (SSSR count). The fourth-order valence-corrected chi connectivity index (χ4v) is 2.08. The average Bonchev–Trinajstić information content (AvgIpc) is 2.62. The van der Waals surface area contributed by atoms with Gasteiger partial charge in [0.25, 0.3) is 0 Å². The predicted octanol–water partition coefficient (Wildman–Crippen LogP) is 3.25. The number of aryl methyl sites for hydroxylation is 1. The van der Waals surface area contributed by atoms with Gasteiger partial charge in [0, 0.05) is 13.1 Å². The van der Waals surface area contributed by atoms with Crippen molar-refractivity contribution in [2.75, 3.05) is 18.0 Å². The van der Waals surface area contributed by atoms with Crippen molar-refractivity contribution in [2.24, 2.45) is 0 Å². The standard InChI is InChI=1S/C11H14ClN/c1-9-5-4-6-10(11(9)12)13-7-2-3-8-13/h4-6H,2-3,7-8H2,1H3. The predicted molar refractivity (Wildman–Crippen MR) is 57.6 cm³/mol. The molecular weight excluding hydrogens is 182 g/mol. The van der Waals surface area contributed by atoms with Gasteiger partial charge in [-0.05, 0) is 31.4 Å². The minimum absolute atomic E-state index is 0.921. The molecule has 1 saturated heterocycles. The Hall–Kier alpha value is -0.690. The van der Waals surface area contributed by atoms with Crippen LogP contribution in [0.1, 0.15) is 18.4 Å². The maximum atomic E-state index is 6.23. The Balaban J connectivity index is 2.33. The first-order valence-electron chi connectivity index (χ1n) is 4.79. The first-order valence-corrected chi connectivity index (χ1v) is 5.17. The lowest BCUT2D eigenvalue weighted by molar-refractivity contribution is 0.949. The normalized spacial score (nSPS) is 16.6. The van der Waals surface area contributed by atoms with Gasteiger partial charge >= 0.3 is 0 Å². The average molecular weight is 196 g/mol. The molecule has 0 aliphatic carbocycles. The first-order chi connectivity index (χ1) is 6.29. The molecule has 0 bridgehead atoms. The van der Waals surface area contributed by atoms with Crippen molar-refractivity contribution in [1.82, 2.24) is 0 Å². The summed E-state index contributed by atoms with van der Waals surface area (Å²) >= 11 is 6.23. The molecule has 0 unspecified atom stereocenters. The van der Waals surface area contributed by atoms with E-state index in [0.717, 1.165) is 18.1 Å². The Morgan fingerprint density at radius 2 is 1.92 bits per heavy atom. The van der Waals surface area contributed by atoms with Crippen LogP contribution in [0.4, 0.5) is 5.69 Å². The van der Waals surface area contributed by atoms with Gasteiger partial charge in [0.2, 0.25) is 0 Å². The lowest BCUT2D eigenvalue weighted by Crippen LogP contribution is -2.18.